The monoisotopic (exact) mass is 238 g/mol. The van der Waals surface area contributed by atoms with E-state index >= 15 is 0 Å². The van der Waals surface area contributed by atoms with Gasteiger partial charge in [0.05, 0.1) is 0 Å². The van der Waals surface area contributed by atoms with Gasteiger partial charge in [-0.2, -0.15) is 5.10 Å². The highest BCUT2D eigenvalue weighted by molar-refractivity contribution is 5.80. The molecule has 0 aliphatic rings. The zero-order valence-electron chi connectivity index (χ0n) is 11.0. The number of rotatable bonds is 5. The lowest BCUT2D eigenvalue weighted by molar-refractivity contribution is -0.124. The Morgan fingerprint density at radius 1 is 1.53 bits per heavy atom. The van der Waals surface area contributed by atoms with E-state index < -0.39 is 0 Å². The number of nitrogens with one attached hydrogen (secondary N) is 1. The second kappa shape index (κ2) is 5.70. The quantitative estimate of drug-likeness (QED) is 0.819. The Balaban J connectivity index is 2.69. The molecule has 17 heavy (non-hydrogen) atoms. The van der Waals surface area contributed by atoms with Crippen molar-refractivity contribution < 1.29 is 4.79 Å². The molecule has 5 nitrogen and oxygen atoms in total. The van der Waals surface area contributed by atoms with Gasteiger partial charge in [-0.3, -0.25) is 9.48 Å². The summed E-state index contributed by atoms with van der Waals surface area (Å²) in [5.41, 5.74) is 6.56. The fourth-order valence-corrected chi connectivity index (χ4v) is 1.63. The van der Waals surface area contributed by atoms with E-state index in [-0.39, 0.29) is 18.0 Å². The molecule has 0 radical (unpaired) electrons. The SMILES string of the molecule is CCC(CC)NC(=O)C(C)n1cc(C)c(N)n1. The van der Waals surface area contributed by atoms with Crippen LogP contribution in [0.2, 0.25) is 0 Å². The van der Waals surface area contributed by atoms with Gasteiger partial charge in [0.2, 0.25) is 5.91 Å². The highest BCUT2D eigenvalue weighted by Crippen LogP contribution is 2.12. The lowest BCUT2D eigenvalue weighted by atomic mass is 10.1. The number of carbonyl (C=O) groups is 1. The summed E-state index contributed by atoms with van der Waals surface area (Å²) in [4.78, 5) is 12.0. The number of aryl methyl sites for hydroxylation is 1. The van der Waals surface area contributed by atoms with E-state index in [2.05, 4.69) is 24.3 Å². The Morgan fingerprint density at radius 2 is 2.12 bits per heavy atom. The predicted octanol–water partition coefficient (Wildman–Crippen LogP) is 1.64. The maximum absolute atomic E-state index is 12.0. The molecule has 1 atom stereocenters. The largest absolute Gasteiger partial charge is 0.382 e. The molecule has 0 aliphatic carbocycles. The Hall–Kier alpha value is -1.52. The molecule has 1 aromatic heterocycles. The van der Waals surface area contributed by atoms with Gasteiger partial charge < -0.3 is 11.1 Å². The number of aromatic nitrogens is 2. The van der Waals surface area contributed by atoms with E-state index in [1.165, 1.54) is 0 Å². The van der Waals surface area contributed by atoms with Gasteiger partial charge in [0.15, 0.2) is 0 Å². The van der Waals surface area contributed by atoms with Crippen molar-refractivity contribution in [2.75, 3.05) is 5.73 Å². The second-order valence-electron chi connectivity index (χ2n) is 4.38. The van der Waals surface area contributed by atoms with Gasteiger partial charge in [-0.1, -0.05) is 13.8 Å². The van der Waals surface area contributed by atoms with Gasteiger partial charge in [0.25, 0.3) is 0 Å². The van der Waals surface area contributed by atoms with Crippen molar-refractivity contribution in [3.05, 3.63) is 11.8 Å². The van der Waals surface area contributed by atoms with Gasteiger partial charge in [-0.05, 0) is 26.7 Å². The number of hydrogen-bond donors (Lipinski definition) is 2. The number of hydrogen-bond acceptors (Lipinski definition) is 3. The van der Waals surface area contributed by atoms with Gasteiger partial charge in [0.1, 0.15) is 11.9 Å². The molecule has 0 saturated heterocycles. The van der Waals surface area contributed by atoms with Crippen molar-refractivity contribution in [1.82, 2.24) is 15.1 Å². The van der Waals surface area contributed by atoms with Crippen LogP contribution in [0.4, 0.5) is 5.82 Å². The van der Waals surface area contributed by atoms with Crippen LogP contribution < -0.4 is 11.1 Å². The second-order valence-corrected chi connectivity index (χ2v) is 4.38. The predicted molar refractivity (Wildman–Crippen MR) is 68.6 cm³/mol. The molecule has 1 rings (SSSR count). The molecule has 0 aliphatic heterocycles. The van der Waals surface area contributed by atoms with Crippen molar-refractivity contribution >= 4 is 11.7 Å². The van der Waals surface area contributed by atoms with E-state index in [9.17, 15) is 4.79 Å². The van der Waals surface area contributed by atoms with Crippen LogP contribution in [0.3, 0.4) is 0 Å². The number of amides is 1. The van der Waals surface area contributed by atoms with E-state index in [1.54, 1.807) is 10.9 Å². The average molecular weight is 238 g/mol. The van der Waals surface area contributed by atoms with Crippen molar-refractivity contribution in [3.8, 4) is 0 Å². The molecule has 1 heterocycles. The molecule has 0 bridgehead atoms. The van der Waals surface area contributed by atoms with Gasteiger partial charge in [-0.15, -0.1) is 0 Å². The minimum Gasteiger partial charge on any atom is -0.382 e. The van der Waals surface area contributed by atoms with E-state index in [0.717, 1.165) is 18.4 Å². The Labute approximate surface area is 102 Å². The summed E-state index contributed by atoms with van der Waals surface area (Å²) in [7, 11) is 0. The third-order valence-corrected chi connectivity index (χ3v) is 3.06. The Morgan fingerprint density at radius 3 is 2.53 bits per heavy atom. The Kier molecular flexibility index (Phi) is 4.54. The minimum absolute atomic E-state index is 0.0128. The summed E-state index contributed by atoms with van der Waals surface area (Å²) >= 11 is 0. The first kappa shape index (κ1) is 13.5. The number of nitrogens with two attached hydrogens (primary N) is 1. The van der Waals surface area contributed by atoms with E-state index in [0.29, 0.717) is 5.82 Å². The summed E-state index contributed by atoms with van der Waals surface area (Å²) in [5, 5.41) is 7.13. The average Bonchev–Trinajstić information content (AvgIpc) is 2.65. The van der Waals surface area contributed by atoms with Crippen LogP contribution in [0.1, 0.15) is 45.2 Å². The molecule has 1 amide bonds. The highest BCUT2D eigenvalue weighted by Gasteiger charge is 2.18. The minimum atomic E-state index is -0.327. The molecular weight excluding hydrogens is 216 g/mol. The molecule has 0 saturated carbocycles. The first-order valence-electron chi connectivity index (χ1n) is 6.11. The first-order chi connectivity index (χ1) is 7.99. The molecule has 5 heteroatoms. The molecule has 0 aromatic carbocycles. The molecule has 96 valence electrons. The lowest BCUT2D eigenvalue weighted by Crippen LogP contribution is -2.38. The van der Waals surface area contributed by atoms with E-state index in [4.69, 9.17) is 5.73 Å². The number of carbonyl (C=O) groups excluding carboxylic acids is 1. The topological polar surface area (TPSA) is 72.9 Å². The summed E-state index contributed by atoms with van der Waals surface area (Å²) < 4.78 is 1.61. The third kappa shape index (κ3) is 3.22. The zero-order valence-corrected chi connectivity index (χ0v) is 11.0. The number of anilines is 1. The molecule has 0 fully saturated rings. The number of nitrogen functional groups attached to an aromatic ring is 1. The normalized spacial score (nSPS) is 12.8. The van der Waals surface area contributed by atoms with Gasteiger partial charge >= 0.3 is 0 Å². The number of nitrogens with zero attached hydrogens (tertiary/aromatic N) is 2. The standard InChI is InChI=1S/C12H22N4O/c1-5-10(6-2)14-12(17)9(4)16-7-8(3)11(13)15-16/h7,9-10H,5-6H2,1-4H3,(H2,13,15)(H,14,17). The van der Waals surface area contributed by atoms with E-state index in [1.807, 2.05) is 13.8 Å². The van der Waals surface area contributed by atoms with Crippen molar-refractivity contribution in [3.63, 3.8) is 0 Å². The molecule has 0 spiro atoms. The van der Waals surface area contributed by atoms with Crippen LogP contribution in [0.25, 0.3) is 0 Å². The van der Waals surface area contributed by atoms with Crippen LogP contribution in [0.5, 0.6) is 0 Å². The van der Waals surface area contributed by atoms with Crippen molar-refractivity contribution in [2.45, 2.75) is 52.6 Å². The van der Waals surface area contributed by atoms with Gasteiger partial charge in [0, 0.05) is 17.8 Å². The summed E-state index contributed by atoms with van der Waals surface area (Å²) in [6, 6.07) is -0.0921. The first-order valence-corrected chi connectivity index (χ1v) is 6.11. The van der Waals surface area contributed by atoms with Crippen LogP contribution in [0.15, 0.2) is 6.20 Å². The maximum Gasteiger partial charge on any atom is 0.244 e. The summed E-state index contributed by atoms with van der Waals surface area (Å²) in [6.07, 6.45) is 3.68. The molecule has 1 unspecified atom stereocenters. The smallest absolute Gasteiger partial charge is 0.244 e. The highest BCUT2D eigenvalue weighted by atomic mass is 16.2. The fraction of sp³-hybridized carbons (Fsp3) is 0.667. The molecule has 1 aromatic rings. The van der Waals surface area contributed by atoms with Crippen LogP contribution in [-0.4, -0.2) is 21.7 Å². The summed E-state index contributed by atoms with van der Waals surface area (Å²) in [5.74, 6) is 0.466. The molecular formula is C12H22N4O. The maximum atomic E-state index is 12.0. The third-order valence-electron chi connectivity index (χ3n) is 3.06. The lowest BCUT2D eigenvalue weighted by Gasteiger charge is -2.18. The van der Waals surface area contributed by atoms with Gasteiger partial charge in [-0.25, -0.2) is 0 Å². The van der Waals surface area contributed by atoms with Crippen LogP contribution >= 0.6 is 0 Å². The fourth-order valence-electron chi connectivity index (χ4n) is 1.63. The molecule has 3 N–H and O–H groups in total. The van der Waals surface area contributed by atoms with Crippen LogP contribution in [-0.2, 0) is 4.79 Å². The van der Waals surface area contributed by atoms with Crippen molar-refractivity contribution in [1.29, 1.82) is 0 Å². The van der Waals surface area contributed by atoms with Crippen LogP contribution in [0, 0.1) is 6.92 Å². The summed E-state index contributed by atoms with van der Waals surface area (Å²) in [6.45, 7) is 7.83. The zero-order chi connectivity index (χ0) is 13.0. The Bertz CT molecular complexity index is 362. The van der Waals surface area contributed by atoms with Crippen molar-refractivity contribution in [2.24, 2.45) is 0 Å².